The Morgan fingerprint density at radius 1 is 1.69 bits per heavy atom. The van der Waals surface area contributed by atoms with Crippen LogP contribution in [0.25, 0.3) is 0 Å². The summed E-state index contributed by atoms with van der Waals surface area (Å²) >= 11 is 0. The number of nitrogens with one attached hydrogen (secondary N) is 1. The summed E-state index contributed by atoms with van der Waals surface area (Å²) in [6.07, 6.45) is 2.51. The molecule has 2 unspecified atom stereocenters. The van der Waals surface area contributed by atoms with Crippen LogP contribution in [-0.2, 0) is 15.6 Å². The topological polar surface area (TPSA) is 49.4 Å². The van der Waals surface area contributed by atoms with Gasteiger partial charge >= 0.3 is 0 Å². The third-order valence-electron chi connectivity index (χ3n) is 2.13. The van der Waals surface area contributed by atoms with E-state index in [0.29, 0.717) is 12.4 Å². The minimum Gasteiger partial charge on any atom is -0.329 e. The fourth-order valence-electron chi connectivity index (χ4n) is 1.33. The molecule has 13 heavy (non-hydrogen) atoms. The Morgan fingerprint density at radius 2 is 2.38 bits per heavy atom. The molecule has 0 radical (unpaired) electrons. The predicted molar refractivity (Wildman–Crippen MR) is 52.7 cm³/mol. The molecule has 76 valence electrons. The molecule has 1 N–H and O–H groups in total. The lowest BCUT2D eigenvalue weighted by Crippen LogP contribution is -2.30. The van der Waals surface area contributed by atoms with Gasteiger partial charge in [-0.2, -0.15) is 0 Å². The molecule has 0 saturated carbocycles. The molecule has 1 saturated heterocycles. The Hall–Kier alpha value is -0.420. The van der Waals surface area contributed by atoms with Crippen LogP contribution in [0.5, 0.6) is 0 Å². The number of hydrogen-bond donors (Lipinski definition) is 1. The second kappa shape index (κ2) is 4.72. The minimum atomic E-state index is -0.744. The molecular formula is C8H16N2O2S. The van der Waals surface area contributed by atoms with Gasteiger partial charge in [-0.3, -0.25) is 14.3 Å². The average Bonchev–Trinajstić information content (AvgIpc) is 2.35. The summed E-state index contributed by atoms with van der Waals surface area (Å²) in [4.78, 5) is 13.1. The molecule has 1 aliphatic heterocycles. The van der Waals surface area contributed by atoms with E-state index >= 15 is 0 Å². The SMILES string of the molecule is CC1NCN(CCCS(C)=O)C1=O. The van der Waals surface area contributed by atoms with Crippen molar-refractivity contribution < 1.29 is 9.00 Å². The Bertz CT molecular complexity index is 220. The first-order valence-electron chi connectivity index (χ1n) is 4.43. The summed E-state index contributed by atoms with van der Waals surface area (Å²) in [5, 5.41) is 3.06. The first-order valence-corrected chi connectivity index (χ1v) is 6.16. The quantitative estimate of drug-likeness (QED) is 0.673. The van der Waals surface area contributed by atoms with Crippen LogP contribution in [0.2, 0.25) is 0 Å². The van der Waals surface area contributed by atoms with Gasteiger partial charge in [0.1, 0.15) is 0 Å². The first-order chi connectivity index (χ1) is 6.11. The molecule has 0 aromatic carbocycles. The van der Waals surface area contributed by atoms with Crippen molar-refractivity contribution in [1.82, 2.24) is 10.2 Å². The van der Waals surface area contributed by atoms with E-state index in [4.69, 9.17) is 0 Å². The molecule has 0 spiro atoms. The molecule has 1 rings (SSSR count). The highest BCUT2D eigenvalue weighted by molar-refractivity contribution is 7.84. The van der Waals surface area contributed by atoms with E-state index in [1.165, 1.54) is 0 Å². The lowest BCUT2D eigenvalue weighted by atomic mass is 10.3. The third-order valence-corrected chi connectivity index (χ3v) is 2.99. The van der Waals surface area contributed by atoms with E-state index in [1.807, 2.05) is 6.92 Å². The van der Waals surface area contributed by atoms with Crippen molar-refractivity contribution in [2.24, 2.45) is 0 Å². The molecule has 0 aromatic rings. The summed E-state index contributed by atoms with van der Waals surface area (Å²) in [5.41, 5.74) is 0. The highest BCUT2D eigenvalue weighted by atomic mass is 32.2. The van der Waals surface area contributed by atoms with Gasteiger partial charge in [0.15, 0.2) is 0 Å². The lowest BCUT2D eigenvalue weighted by Gasteiger charge is -2.13. The largest absolute Gasteiger partial charge is 0.329 e. The lowest BCUT2D eigenvalue weighted by molar-refractivity contribution is -0.128. The van der Waals surface area contributed by atoms with E-state index in [1.54, 1.807) is 11.2 Å². The van der Waals surface area contributed by atoms with Crippen LogP contribution < -0.4 is 5.32 Å². The smallest absolute Gasteiger partial charge is 0.240 e. The number of rotatable bonds is 4. The molecule has 2 atom stereocenters. The van der Waals surface area contributed by atoms with Crippen molar-refractivity contribution in [3.05, 3.63) is 0 Å². The van der Waals surface area contributed by atoms with Crippen LogP contribution in [0.15, 0.2) is 0 Å². The van der Waals surface area contributed by atoms with Gasteiger partial charge in [-0.05, 0) is 13.3 Å². The van der Waals surface area contributed by atoms with Crippen LogP contribution >= 0.6 is 0 Å². The van der Waals surface area contributed by atoms with Gasteiger partial charge in [-0.25, -0.2) is 0 Å². The summed E-state index contributed by atoms with van der Waals surface area (Å²) in [6.45, 7) is 3.21. The zero-order chi connectivity index (χ0) is 9.84. The zero-order valence-electron chi connectivity index (χ0n) is 8.08. The number of carbonyl (C=O) groups excluding carboxylic acids is 1. The minimum absolute atomic E-state index is 0.0490. The molecule has 1 amide bonds. The van der Waals surface area contributed by atoms with E-state index < -0.39 is 10.8 Å². The number of nitrogens with zero attached hydrogens (tertiary/aromatic N) is 1. The number of amides is 1. The fourth-order valence-corrected chi connectivity index (χ4v) is 1.87. The number of hydrogen-bond acceptors (Lipinski definition) is 3. The molecule has 5 heteroatoms. The second-order valence-corrected chi connectivity index (χ2v) is 4.87. The van der Waals surface area contributed by atoms with Crippen LogP contribution in [0.3, 0.4) is 0 Å². The molecule has 0 bridgehead atoms. The van der Waals surface area contributed by atoms with E-state index in [0.717, 1.165) is 13.0 Å². The molecule has 1 aliphatic rings. The predicted octanol–water partition coefficient (Wildman–Crippen LogP) is -0.467. The van der Waals surface area contributed by atoms with Gasteiger partial charge in [-0.15, -0.1) is 0 Å². The zero-order valence-corrected chi connectivity index (χ0v) is 8.89. The normalized spacial score (nSPS) is 25.2. The van der Waals surface area contributed by atoms with Gasteiger partial charge in [-0.1, -0.05) is 0 Å². The van der Waals surface area contributed by atoms with Gasteiger partial charge in [0.25, 0.3) is 0 Å². The number of carbonyl (C=O) groups is 1. The maximum absolute atomic E-state index is 11.4. The van der Waals surface area contributed by atoms with Crippen LogP contribution in [-0.4, -0.2) is 46.3 Å². The highest BCUT2D eigenvalue weighted by Crippen LogP contribution is 2.03. The molecule has 0 aliphatic carbocycles. The monoisotopic (exact) mass is 204 g/mol. The van der Waals surface area contributed by atoms with Gasteiger partial charge in [0, 0.05) is 29.4 Å². The van der Waals surface area contributed by atoms with Crippen LogP contribution in [0.4, 0.5) is 0 Å². The van der Waals surface area contributed by atoms with Crippen LogP contribution in [0, 0.1) is 0 Å². The van der Waals surface area contributed by atoms with E-state index in [9.17, 15) is 9.00 Å². The highest BCUT2D eigenvalue weighted by Gasteiger charge is 2.26. The van der Waals surface area contributed by atoms with Crippen LogP contribution in [0.1, 0.15) is 13.3 Å². The van der Waals surface area contributed by atoms with Crippen molar-refractivity contribution in [2.75, 3.05) is 25.2 Å². The van der Waals surface area contributed by atoms with Gasteiger partial charge in [0.2, 0.25) is 5.91 Å². The maximum Gasteiger partial charge on any atom is 0.240 e. The first kappa shape index (κ1) is 10.7. The summed E-state index contributed by atoms with van der Waals surface area (Å²) < 4.78 is 10.8. The Labute approximate surface area is 81.1 Å². The maximum atomic E-state index is 11.4. The average molecular weight is 204 g/mol. The van der Waals surface area contributed by atoms with Crippen molar-refractivity contribution in [1.29, 1.82) is 0 Å². The fraction of sp³-hybridized carbons (Fsp3) is 0.875. The molecule has 0 aromatic heterocycles. The van der Waals surface area contributed by atoms with Gasteiger partial charge < -0.3 is 4.90 Å². The Kier molecular flexibility index (Phi) is 3.87. The molecule has 1 heterocycles. The summed E-state index contributed by atoms with van der Waals surface area (Å²) in [5.74, 6) is 0.833. The molecular weight excluding hydrogens is 188 g/mol. The van der Waals surface area contributed by atoms with Crippen molar-refractivity contribution in [3.63, 3.8) is 0 Å². The van der Waals surface area contributed by atoms with Crippen molar-refractivity contribution >= 4 is 16.7 Å². The van der Waals surface area contributed by atoms with E-state index in [-0.39, 0.29) is 11.9 Å². The summed E-state index contributed by atoms with van der Waals surface area (Å²) in [7, 11) is -0.744. The summed E-state index contributed by atoms with van der Waals surface area (Å²) in [6, 6.07) is -0.0490. The molecule has 1 fully saturated rings. The second-order valence-electron chi connectivity index (χ2n) is 3.32. The van der Waals surface area contributed by atoms with E-state index in [2.05, 4.69) is 5.32 Å². The van der Waals surface area contributed by atoms with Gasteiger partial charge in [0.05, 0.1) is 12.7 Å². The van der Waals surface area contributed by atoms with Crippen molar-refractivity contribution in [2.45, 2.75) is 19.4 Å². The standard InChI is InChI=1S/C8H16N2O2S/c1-7-8(11)10(6-9-7)4-3-5-13(2)12/h7,9H,3-6H2,1-2H3. The third kappa shape index (κ3) is 3.08. The van der Waals surface area contributed by atoms with Crippen molar-refractivity contribution in [3.8, 4) is 0 Å². The Balaban J connectivity index is 2.23. The molecule has 4 nitrogen and oxygen atoms in total. The Morgan fingerprint density at radius 3 is 2.85 bits per heavy atom.